The van der Waals surface area contributed by atoms with Crippen molar-refractivity contribution in [3.05, 3.63) is 64.7 Å². The number of carbonyl (C=O) groups is 1. The van der Waals surface area contributed by atoms with Crippen molar-refractivity contribution in [2.75, 3.05) is 11.6 Å². The fourth-order valence-electron chi connectivity index (χ4n) is 2.80. The van der Waals surface area contributed by atoms with E-state index in [-0.39, 0.29) is 11.6 Å². The summed E-state index contributed by atoms with van der Waals surface area (Å²) in [7, 11) is 0. The lowest BCUT2D eigenvalue weighted by molar-refractivity contribution is -0.112. The molecule has 7 heteroatoms. The summed E-state index contributed by atoms with van der Waals surface area (Å²) in [6.07, 6.45) is 1.86. The molecule has 142 valence electrons. The zero-order valence-corrected chi connectivity index (χ0v) is 16.8. The molecular weight excluding hydrogens is 370 g/mol. The molecule has 6 nitrogen and oxygen atoms in total. The number of hydrogen-bond acceptors (Lipinski definition) is 5. The largest absolute Gasteiger partial charge is 0.321 e. The molecule has 0 radical (unpaired) electrons. The molecule has 0 saturated heterocycles. The van der Waals surface area contributed by atoms with Gasteiger partial charge >= 0.3 is 0 Å². The number of benzene rings is 2. The number of H-pyrrole nitrogens is 1. The number of aromatic nitrogens is 3. The summed E-state index contributed by atoms with van der Waals surface area (Å²) in [6.45, 7) is 7.53. The minimum atomic E-state index is -0.297. The lowest BCUT2D eigenvalue weighted by Gasteiger charge is -2.05. The highest BCUT2D eigenvalue weighted by Gasteiger charge is 2.10. The Morgan fingerprint density at radius 2 is 1.82 bits per heavy atom. The van der Waals surface area contributed by atoms with Crippen LogP contribution < -0.4 is 5.32 Å². The zero-order chi connectivity index (χ0) is 20.1. The predicted molar refractivity (Wildman–Crippen MR) is 117 cm³/mol. The van der Waals surface area contributed by atoms with Crippen LogP contribution in [0, 0.1) is 13.8 Å². The molecule has 2 N–H and O–H groups in total. The van der Waals surface area contributed by atoms with Gasteiger partial charge in [-0.2, -0.15) is 5.10 Å². The van der Waals surface area contributed by atoms with Gasteiger partial charge < -0.3 is 5.32 Å². The molecule has 0 saturated carbocycles. The number of rotatable bonds is 6. The van der Waals surface area contributed by atoms with Gasteiger partial charge in [0.05, 0.1) is 0 Å². The monoisotopic (exact) mass is 391 g/mol. The average Bonchev–Trinajstić information content (AvgIpc) is 3.16. The van der Waals surface area contributed by atoms with Gasteiger partial charge in [-0.15, -0.1) is 11.8 Å². The number of aryl methyl sites for hydroxylation is 2. The van der Waals surface area contributed by atoms with Gasteiger partial charge in [0.1, 0.15) is 5.70 Å². The van der Waals surface area contributed by atoms with E-state index in [1.54, 1.807) is 5.41 Å². The number of thioether (sulfide) groups is 1. The van der Waals surface area contributed by atoms with E-state index < -0.39 is 0 Å². The molecular formula is C21H21N5OS. The second-order valence-electron chi connectivity index (χ2n) is 6.31. The number of amides is 1. The first-order chi connectivity index (χ1) is 13.5. The van der Waals surface area contributed by atoms with Crippen molar-refractivity contribution < 1.29 is 4.79 Å². The van der Waals surface area contributed by atoms with Crippen molar-refractivity contribution in [2.45, 2.75) is 13.8 Å². The summed E-state index contributed by atoms with van der Waals surface area (Å²) in [5, 5.41) is 11.8. The van der Waals surface area contributed by atoms with E-state index in [2.05, 4.69) is 64.3 Å². The number of aliphatic imine (C=N–C) groups is 1. The van der Waals surface area contributed by atoms with E-state index in [1.165, 1.54) is 22.9 Å². The van der Waals surface area contributed by atoms with E-state index in [0.29, 0.717) is 17.3 Å². The summed E-state index contributed by atoms with van der Waals surface area (Å²) in [4.78, 5) is 20.5. The topological polar surface area (TPSA) is 83.0 Å². The van der Waals surface area contributed by atoms with Gasteiger partial charge in [0.15, 0.2) is 11.6 Å². The minimum Gasteiger partial charge on any atom is -0.321 e. The highest BCUT2D eigenvalue weighted by atomic mass is 32.2. The molecule has 0 aliphatic carbocycles. The maximum atomic E-state index is 12.1. The van der Waals surface area contributed by atoms with Crippen molar-refractivity contribution in [1.29, 1.82) is 0 Å². The Morgan fingerprint density at radius 1 is 1.14 bits per heavy atom. The molecule has 0 atom stereocenters. The smallest absolute Gasteiger partial charge is 0.274 e. The van der Waals surface area contributed by atoms with Crippen LogP contribution in [0.3, 0.4) is 0 Å². The van der Waals surface area contributed by atoms with Crippen LogP contribution in [0.1, 0.15) is 11.1 Å². The van der Waals surface area contributed by atoms with Gasteiger partial charge in [0.25, 0.3) is 5.91 Å². The minimum absolute atomic E-state index is 0.282. The van der Waals surface area contributed by atoms with E-state index in [9.17, 15) is 4.79 Å². The summed E-state index contributed by atoms with van der Waals surface area (Å²) < 4.78 is 0. The van der Waals surface area contributed by atoms with Gasteiger partial charge in [0.2, 0.25) is 0 Å². The van der Waals surface area contributed by atoms with Crippen molar-refractivity contribution >= 4 is 30.1 Å². The molecule has 0 fully saturated rings. The van der Waals surface area contributed by atoms with E-state index in [0.717, 1.165) is 11.1 Å². The van der Waals surface area contributed by atoms with Gasteiger partial charge in [-0.1, -0.05) is 17.2 Å². The lowest BCUT2D eigenvalue weighted by atomic mass is 10.1. The summed E-state index contributed by atoms with van der Waals surface area (Å²) in [5.74, 6) is 1.03. The SMILES string of the molecule is C=N/C(=C\SC)C(=O)Nc1ccc(-c2nc(-c3cc(C)cc(C)c3)n[nH]2)cc1. The first-order valence-electron chi connectivity index (χ1n) is 8.62. The molecule has 3 rings (SSSR count). The third-order valence-corrected chi connectivity index (χ3v) is 4.47. The summed E-state index contributed by atoms with van der Waals surface area (Å²) >= 11 is 1.40. The van der Waals surface area contributed by atoms with Gasteiger partial charge in [0, 0.05) is 22.2 Å². The number of aromatic amines is 1. The van der Waals surface area contributed by atoms with E-state index >= 15 is 0 Å². The fraction of sp³-hybridized carbons (Fsp3) is 0.143. The Bertz CT molecular complexity index is 1020. The van der Waals surface area contributed by atoms with Gasteiger partial charge in [-0.3, -0.25) is 14.9 Å². The van der Waals surface area contributed by atoms with Crippen LogP contribution in [0.4, 0.5) is 5.69 Å². The quantitative estimate of drug-likeness (QED) is 0.475. The van der Waals surface area contributed by atoms with Crippen LogP contribution in [0.5, 0.6) is 0 Å². The molecule has 1 heterocycles. The Morgan fingerprint density at radius 3 is 2.43 bits per heavy atom. The lowest BCUT2D eigenvalue weighted by Crippen LogP contribution is -2.12. The second-order valence-corrected chi connectivity index (χ2v) is 7.02. The average molecular weight is 392 g/mol. The molecule has 0 bridgehead atoms. The van der Waals surface area contributed by atoms with Crippen molar-refractivity contribution in [3.8, 4) is 22.8 Å². The maximum absolute atomic E-state index is 12.1. The van der Waals surface area contributed by atoms with Crippen LogP contribution in [0.25, 0.3) is 22.8 Å². The Labute approximate surface area is 168 Å². The molecule has 0 spiro atoms. The van der Waals surface area contributed by atoms with E-state index in [1.807, 2.05) is 30.5 Å². The normalized spacial score (nSPS) is 11.3. The molecule has 1 aromatic heterocycles. The van der Waals surface area contributed by atoms with Gasteiger partial charge in [-0.25, -0.2) is 4.98 Å². The van der Waals surface area contributed by atoms with Crippen molar-refractivity contribution in [2.24, 2.45) is 4.99 Å². The van der Waals surface area contributed by atoms with Crippen LogP contribution in [-0.2, 0) is 4.79 Å². The van der Waals surface area contributed by atoms with Crippen LogP contribution in [0.15, 0.2) is 58.6 Å². The summed E-state index contributed by atoms with van der Waals surface area (Å²) in [5.41, 5.74) is 5.15. The Kier molecular flexibility index (Phi) is 6.06. The summed E-state index contributed by atoms with van der Waals surface area (Å²) in [6, 6.07) is 13.6. The zero-order valence-electron chi connectivity index (χ0n) is 16.0. The second kappa shape index (κ2) is 8.67. The predicted octanol–water partition coefficient (Wildman–Crippen LogP) is 4.60. The number of nitrogens with zero attached hydrogens (tertiary/aromatic N) is 3. The third-order valence-electron chi connectivity index (χ3n) is 4.01. The first-order valence-corrected chi connectivity index (χ1v) is 9.91. The molecule has 28 heavy (non-hydrogen) atoms. The molecule has 2 aromatic carbocycles. The molecule has 0 aliphatic heterocycles. The maximum Gasteiger partial charge on any atom is 0.274 e. The van der Waals surface area contributed by atoms with Crippen LogP contribution in [0.2, 0.25) is 0 Å². The number of nitrogens with one attached hydrogen (secondary N) is 2. The highest BCUT2D eigenvalue weighted by molar-refractivity contribution is 8.01. The molecule has 0 unspecified atom stereocenters. The molecule has 1 amide bonds. The fourth-order valence-corrected chi connectivity index (χ4v) is 3.21. The van der Waals surface area contributed by atoms with E-state index in [4.69, 9.17) is 0 Å². The number of anilines is 1. The standard InChI is InChI=1S/C21H21N5OS/c1-13-9-14(2)11-16(10-13)20-24-19(25-26-20)15-5-7-17(8-6-15)23-21(27)18(22-3)12-28-4/h5-12H,3H2,1-2,4H3,(H,23,27)(H,24,25,26)/b18-12-. The Balaban J connectivity index is 1.77. The van der Waals surface area contributed by atoms with Crippen LogP contribution in [-0.4, -0.2) is 34.1 Å². The Hall–Kier alpha value is -3.19. The highest BCUT2D eigenvalue weighted by Crippen LogP contribution is 2.23. The third kappa shape index (κ3) is 4.55. The molecule has 3 aromatic rings. The number of carbonyl (C=O) groups excluding carboxylic acids is 1. The first kappa shape index (κ1) is 19.6. The van der Waals surface area contributed by atoms with Crippen molar-refractivity contribution in [1.82, 2.24) is 15.2 Å². The molecule has 0 aliphatic rings. The number of hydrogen-bond donors (Lipinski definition) is 2. The van der Waals surface area contributed by atoms with Crippen molar-refractivity contribution in [3.63, 3.8) is 0 Å². The van der Waals surface area contributed by atoms with Crippen LogP contribution >= 0.6 is 11.8 Å². The van der Waals surface area contributed by atoms with Gasteiger partial charge in [-0.05, 0) is 63.2 Å².